The van der Waals surface area contributed by atoms with E-state index in [4.69, 9.17) is 5.73 Å². The Morgan fingerprint density at radius 2 is 2.23 bits per heavy atom. The number of aryl methyl sites for hydroxylation is 1. The second-order valence-corrected chi connectivity index (χ2v) is 3.11. The van der Waals surface area contributed by atoms with Crippen molar-refractivity contribution in [2.45, 2.75) is 13.3 Å². The van der Waals surface area contributed by atoms with Crippen LogP contribution in [0.3, 0.4) is 0 Å². The van der Waals surface area contributed by atoms with Gasteiger partial charge >= 0.3 is 0 Å². The van der Waals surface area contributed by atoms with Crippen LogP contribution in [0.15, 0.2) is 24.8 Å². The molecule has 2 heteroatoms. The van der Waals surface area contributed by atoms with E-state index in [9.17, 15) is 4.39 Å². The maximum absolute atomic E-state index is 13.1. The molecule has 0 bridgehead atoms. The van der Waals surface area contributed by atoms with Gasteiger partial charge < -0.3 is 5.73 Å². The molecule has 1 aromatic rings. The molecular weight excluding hydrogens is 165 g/mol. The lowest BCUT2D eigenvalue weighted by molar-refractivity contribution is 0.618. The summed E-state index contributed by atoms with van der Waals surface area (Å²) in [6.45, 7) is 6.13. The van der Waals surface area contributed by atoms with Crippen molar-refractivity contribution in [1.82, 2.24) is 0 Å². The lowest BCUT2D eigenvalue weighted by Gasteiger charge is -2.05. The van der Waals surface area contributed by atoms with Crippen molar-refractivity contribution in [3.63, 3.8) is 0 Å². The number of rotatable bonds is 3. The monoisotopic (exact) mass is 179 g/mol. The highest BCUT2D eigenvalue weighted by Crippen LogP contribution is 2.18. The van der Waals surface area contributed by atoms with E-state index in [0.29, 0.717) is 18.5 Å². The zero-order valence-corrected chi connectivity index (χ0v) is 7.81. The highest BCUT2D eigenvalue weighted by molar-refractivity contribution is 5.63. The van der Waals surface area contributed by atoms with Crippen LogP contribution in [-0.4, -0.2) is 6.54 Å². The van der Waals surface area contributed by atoms with Gasteiger partial charge in [0.1, 0.15) is 5.82 Å². The molecule has 1 nitrogen and oxygen atoms in total. The van der Waals surface area contributed by atoms with Gasteiger partial charge in [0.05, 0.1) is 0 Å². The fourth-order valence-corrected chi connectivity index (χ4v) is 1.13. The van der Waals surface area contributed by atoms with Gasteiger partial charge in [-0.15, -0.1) is 0 Å². The molecule has 0 aliphatic heterocycles. The van der Waals surface area contributed by atoms with Crippen molar-refractivity contribution in [2.75, 3.05) is 6.54 Å². The van der Waals surface area contributed by atoms with Gasteiger partial charge in [-0.25, -0.2) is 4.39 Å². The number of hydrogen-bond donors (Lipinski definition) is 1. The first-order chi connectivity index (χ1) is 6.15. The van der Waals surface area contributed by atoms with E-state index < -0.39 is 0 Å². The minimum atomic E-state index is -0.185. The van der Waals surface area contributed by atoms with Gasteiger partial charge in [-0.3, -0.25) is 0 Å². The van der Waals surface area contributed by atoms with Crippen LogP contribution in [0.25, 0.3) is 5.57 Å². The van der Waals surface area contributed by atoms with Crippen LogP contribution in [-0.2, 0) is 0 Å². The van der Waals surface area contributed by atoms with Crippen LogP contribution in [0.4, 0.5) is 4.39 Å². The fraction of sp³-hybridized carbons (Fsp3) is 0.273. The van der Waals surface area contributed by atoms with E-state index in [1.807, 2.05) is 6.07 Å². The summed E-state index contributed by atoms with van der Waals surface area (Å²) in [6.07, 6.45) is 0.711. The molecule has 13 heavy (non-hydrogen) atoms. The Bertz CT molecular complexity index is 318. The molecule has 0 aromatic heterocycles. The molecule has 2 N–H and O–H groups in total. The van der Waals surface area contributed by atoms with Crippen molar-refractivity contribution >= 4 is 5.57 Å². The van der Waals surface area contributed by atoms with Crippen molar-refractivity contribution in [3.8, 4) is 0 Å². The Morgan fingerprint density at radius 3 is 2.77 bits per heavy atom. The molecule has 0 aliphatic carbocycles. The molecule has 1 aromatic carbocycles. The molecule has 0 saturated heterocycles. The predicted octanol–water partition coefficient (Wildman–Crippen LogP) is 2.50. The molecular formula is C11H14FN. The van der Waals surface area contributed by atoms with E-state index >= 15 is 0 Å². The second kappa shape index (κ2) is 4.19. The number of nitrogens with two attached hydrogens (primary N) is 1. The lowest BCUT2D eigenvalue weighted by Crippen LogP contribution is -1.99. The molecule has 0 heterocycles. The smallest absolute Gasteiger partial charge is 0.126 e. The van der Waals surface area contributed by atoms with E-state index in [1.165, 1.54) is 6.07 Å². The molecule has 70 valence electrons. The predicted molar refractivity (Wildman–Crippen MR) is 53.8 cm³/mol. The first-order valence-electron chi connectivity index (χ1n) is 4.29. The number of benzene rings is 1. The van der Waals surface area contributed by atoms with Crippen LogP contribution in [0.2, 0.25) is 0 Å². The van der Waals surface area contributed by atoms with Crippen molar-refractivity contribution in [3.05, 3.63) is 41.7 Å². The zero-order chi connectivity index (χ0) is 9.84. The van der Waals surface area contributed by atoms with Gasteiger partial charge in [0.2, 0.25) is 0 Å². The Kier molecular flexibility index (Phi) is 3.20. The normalized spacial score (nSPS) is 10.1. The van der Waals surface area contributed by atoms with E-state index in [-0.39, 0.29) is 5.82 Å². The summed E-state index contributed by atoms with van der Waals surface area (Å²) in [5.74, 6) is -0.185. The summed E-state index contributed by atoms with van der Waals surface area (Å²) < 4.78 is 13.1. The number of hydrogen-bond acceptors (Lipinski definition) is 1. The average Bonchev–Trinajstić information content (AvgIpc) is 2.10. The van der Waals surface area contributed by atoms with Gasteiger partial charge in [0, 0.05) is 0 Å². The van der Waals surface area contributed by atoms with Gasteiger partial charge in [-0.05, 0) is 42.7 Å². The van der Waals surface area contributed by atoms with Crippen molar-refractivity contribution in [2.24, 2.45) is 5.73 Å². The van der Waals surface area contributed by atoms with E-state index in [0.717, 1.165) is 11.1 Å². The maximum Gasteiger partial charge on any atom is 0.126 e. The summed E-state index contributed by atoms with van der Waals surface area (Å²) in [4.78, 5) is 0. The molecule has 1 rings (SSSR count). The Hall–Kier alpha value is -1.15. The van der Waals surface area contributed by atoms with Crippen LogP contribution < -0.4 is 5.73 Å². The molecule has 0 saturated carbocycles. The summed E-state index contributed by atoms with van der Waals surface area (Å²) in [5.41, 5.74) is 7.77. The van der Waals surface area contributed by atoms with Crippen LogP contribution in [0.1, 0.15) is 17.5 Å². The van der Waals surface area contributed by atoms with Crippen LogP contribution in [0, 0.1) is 12.7 Å². The largest absolute Gasteiger partial charge is 0.330 e. The molecule has 0 aliphatic rings. The fourth-order valence-electron chi connectivity index (χ4n) is 1.13. The molecule has 0 amide bonds. The Balaban J connectivity index is 2.90. The molecule has 0 radical (unpaired) electrons. The third-order valence-corrected chi connectivity index (χ3v) is 2.03. The highest BCUT2D eigenvalue weighted by Gasteiger charge is 2.01. The Morgan fingerprint density at radius 1 is 1.54 bits per heavy atom. The zero-order valence-electron chi connectivity index (χ0n) is 7.81. The van der Waals surface area contributed by atoms with E-state index in [2.05, 4.69) is 6.58 Å². The summed E-state index contributed by atoms with van der Waals surface area (Å²) >= 11 is 0. The minimum Gasteiger partial charge on any atom is -0.330 e. The summed E-state index contributed by atoms with van der Waals surface area (Å²) in [6, 6.07) is 5.14. The van der Waals surface area contributed by atoms with Crippen molar-refractivity contribution in [1.29, 1.82) is 0 Å². The molecule has 0 unspecified atom stereocenters. The molecule has 0 atom stereocenters. The van der Waals surface area contributed by atoms with E-state index in [1.54, 1.807) is 13.0 Å². The van der Waals surface area contributed by atoms with Crippen molar-refractivity contribution < 1.29 is 4.39 Å². The third-order valence-electron chi connectivity index (χ3n) is 2.03. The minimum absolute atomic E-state index is 0.185. The second-order valence-electron chi connectivity index (χ2n) is 3.11. The first kappa shape index (κ1) is 9.93. The molecule has 0 fully saturated rings. The third kappa shape index (κ3) is 2.39. The van der Waals surface area contributed by atoms with Gasteiger partial charge in [-0.1, -0.05) is 18.7 Å². The summed E-state index contributed by atoms with van der Waals surface area (Å²) in [5, 5.41) is 0. The van der Waals surface area contributed by atoms with Gasteiger partial charge in [0.15, 0.2) is 0 Å². The average molecular weight is 179 g/mol. The number of halogens is 1. The summed E-state index contributed by atoms with van der Waals surface area (Å²) in [7, 11) is 0. The van der Waals surface area contributed by atoms with Gasteiger partial charge in [-0.2, -0.15) is 0 Å². The Labute approximate surface area is 78.1 Å². The first-order valence-corrected chi connectivity index (χ1v) is 4.29. The highest BCUT2D eigenvalue weighted by atomic mass is 19.1. The topological polar surface area (TPSA) is 26.0 Å². The van der Waals surface area contributed by atoms with Crippen LogP contribution >= 0.6 is 0 Å². The van der Waals surface area contributed by atoms with Crippen LogP contribution in [0.5, 0.6) is 0 Å². The quantitative estimate of drug-likeness (QED) is 0.758. The standard InChI is InChI=1S/C11H14FN/c1-8(5-6-13)10-4-3-9(2)11(12)7-10/h3-4,7H,1,5-6,13H2,2H3. The molecule has 0 spiro atoms. The van der Waals surface area contributed by atoms with Gasteiger partial charge in [0.25, 0.3) is 0 Å². The SMILES string of the molecule is C=C(CCN)c1ccc(C)c(F)c1. The maximum atomic E-state index is 13.1. The lowest BCUT2D eigenvalue weighted by atomic mass is 10.0.